The van der Waals surface area contributed by atoms with E-state index in [0.29, 0.717) is 18.5 Å². The minimum atomic E-state index is -0.735. The van der Waals surface area contributed by atoms with Crippen molar-refractivity contribution in [2.24, 2.45) is 5.73 Å². The number of nitrogens with two attached hydrogens (primary N) is 1. The van der Waals surface area contributed by atoms with Gasteiger partial charge < -0.3 is 20.7 Å². The Kier molecular flexibility index (Phi) is 11.5. The Balaban J connectivity index is 1.68. The van der Waals surface area contributed by atoms with Crippen LogP contribution in [0.15, 0.2) is 91.0 Å². The summed E-state index contributed by atoms with van der Waals surface area (Å²) in [4.78, 5) is 40.5. The first kappa shape index (κ1) is 28.6. The van der Waals surface area contributed by atoms with Gasteiger partial charge in [0.25, 0.3) is 0 Å². The van der Waals surface area contributed by atoms with Crippen molar-refractivity contribution in [1.82, 2.24) is 10.2 Å². The van der Waals surface area contributed by atoms with Crippen LogP contribution < -0.4 is 16.4 Å². The van der Waals surface area contributed by atoms with Gasteiger partial charge in [-0.25, -0.2) is 0 Å². The van der Waals surface area contributed by atoms with E-state index < -0.39 is 18.1 Å². The molecule has 0 aliphatic rings. The predicted octanol–water partition coefficient (Wildman–Crippen LogP) is 3.14. The predicted molar refractivity (Wildman–Crippen MR) is 148 cm³/mol. The van der Waals surface area contributed by atoms with E-state index in [1.807, 2.05) is 78.9 Å². The van der Waals surface area contributed by atoms with Crippen molar-refractivity contribution in [3.63, 3.8) is 0 Å². The van der Waals surface area contributed by atoms with E-state index in [0.717, 1.165) is 11.1 Å². The van der Waals surface area contributed by atoms with Gasteiger partial charge in [0.05, 0.1) is 12.6 Å². The quantitative estimate of drug-likeness (QED) is 0.284. The standard InChI is InChI=1S/C30H36N4O4/c1-23(30(37)38-22-25-13-7-3-8-14-25)32-27(18-17-24-11-5-2-6-12-24)29(36)34(20-19-31)21-28(35)33-26-15-9-4-10-16-26/h2-16,23,27,32H,17-22,31H2,1H3,(H,33,35)/t23-,27+/m1/s1. The fourth-order valence-corrected chi connectivity index (χ4v) is 4.00. The van der Waals surface area contributed by atoms with Crippen molar-refractivity contribution in [3.8, 4) is 0 Å². The number of benzene rings is 3. The van der Waals surface area contributed by atoms with Crippen molar-refractivity contribution in [2.45, 2.75) is 38.5 Å². The highest BCUT2D eigenvalue weighted by Gasteiger charge is 2.29. The summed E-state index contributed by atoms with van der Waals surface area (Å²) in [5.41, 5.74) is 8.38. The van der Waals surface area contributed by atoms with Gasteiger partial charge in [-0.2, -0.15) is 0 Å². The monoisotopic (exact) mass is 516 g/mol. The number of hydrogen-bond donors (Lipinski definition) is 3. The van der Waals surface area contributed by atoms with E-state index in [9.17, 15) is 14.4 Å². The van der Waals surface area contributed by atoms with Crippen LogP contribution in [0, 0.1) is 0 Å². The summed E-state index contributed by atoms with van der Waals surface area (Å²) in [7, 11) is 0. The highest BCUT2D eigenvalue weighted by molar-refractivity contribution is 5.95. The number of aryl methyl sites for hydroxylation is 1. The van der Waals surface area contributed by atoms with Gasteiger partial charge in [0.2, 0.25) is 11.8 Å². The van der Waals surface area contributed by atoms with Gasteiger partial charge in [-0.15, -0.1) is 0 Å². The Morgan fingerprint density at radius 3 is 2.05 bits per heavy atom. The number of para-hydroxylation sites is 1. The number of rotatable bonds is 14. The molecule has 2 amide bonds. The number of nitrogens with zero attached hydrogens (tertiary/aromatic N) is 1. The Morgan fingerprint density at radius 2 is 1.45 bits per heavy atom. The molecular formula is C30H36N4O4. The molecule has 0 spiro atoms. The summed E-state index contributed by atoms with van der Waals surface area (Å²) in [5.74, 6) is -1.08. The topological polar surface area (TPSA) is 114 Å². The SMILES string of the molecule is C[C@@H](N[C@@H](CCc1ccccc1)C(=O)N(CCN)CC(=O)Nc1ccccc1)C(=O)OCc1ccccc1. The smallest absolute Gasteiger partial charge is 0.323 e. The van der Waals surface area contributed by atoms with Crippen LogP contribution in [-0.2, 0) is 32.1 Å². The number of ether oxygens (including phenoxy) is 1. The van der Waals surface area contributed by atoms with Gasteiger partial charge in [0, 0.05) is 18.8 Å². The van der Waals surface area contributed by atoms with Crippen molar-refractivity contribution in [1.29, 1.82) is 0 Å². The molecule has 3 rings (SSSR count). The molecular weight excluding hydrogens is 480 g/mol. The summed E-state index contributed by atoms with van der Waals surface area (Å²) >= 11 is 0. The van der Waals surface area contributed by atoms with E-state index in [2.05, 4.69) is 10.6 Å². The van der Waals surface area contributed by atoms with E-state index in [1.165, 1.54) is 4.90 Å². The third-order valence-electron chi connectivity index (χ3n) is 5.99. The summed E-state index contributed by atoms with van der Waals surface area (Å²) in [6.45, 7) is 2.07. The number of carbonyl (C=O) groups excluding carboxylic acids is 3. The van der Waals surface area contributed by atoms with Crippen LogP contribution in [0.1, 0.15) is 24.5 Å². The summed E-state index contributed by atoms with van der Waals surface area (Å²) in [6.07, 6.45) is 1.04. The van der Waals surface area contributed by atoms with Gasteiger partial charge in [0.15, 0.2) is 0 Å². The minimum absolute atomic E-state index is 0.146. The lowest BCUT2D eigenvalue weighted by atomic mass is 10.0. The van der Waals surface area contributed by atoms with Crippen LogP contribution in [0.25, 0.3) is 0 Å². The van der Waals surface area contributed by atoms with Crippen molar-refractivity contribution >= 4 is 23.5 Å². The molecule has 0 bridgehead atoms. The van der Waals surface area contributed by atoms with Crippen LogP contribution in [-0.4, -0.2) is 54.4 Å². The first-order chi connectivity index (χ1) is 18.5. The van der Waals surface area contributed by atoms with Crippen molar-refractivity contribution in [3.05, 3.63) is 102 Å². The second-order valence-corrected chi connectivity index (χ2v) is 9.02. The van der Waals surface area contributed by atoms with Crippen LogP contribution in [0.2, 0.25) is 0 Å². The van der Waals surface area contributed by atoms with Gasteiger partial charge in [-0.3, -0.25) is 19.7 Å². The molecule has 0 saturated carbocycles. The third-order valence-corrected chi connectivity index (χ3v) is 5.99. The Morgan fingerprint density at radius 1 is 0.868 bits per heavy atom. The molecule has 0 unspecified atom stereocenters. The van der Waals surface area contributed by atoms with Crippen molar-refractivity contribution in [2.75, 3.05) is 25.0 Å². The Labute approximate surface area is 224 Å². The van der Waals surface area contributed by atoms with Crippen LogP contribution >= 0.6 is 0 Å². The molecule has 8 nitrogen and oxygen atoms in total. The normalized spacial score (nSPS) is 12.3. The molecule has 38 heavy (non-hydrogen) atoms. The number of hydrogen-bond acceptors (Lipinski definition) is 6. The number of amides is 2. The average molecular weight is 517 g/mol. The van der Waals surface area contributed by atoms with Crippen LogP contribution in [0.5, 0.6) is 0 Å². The van der Waals surface area contributed by atoms with E-state index in [4.69, 9.17) is 10.5 Å². The average Bonchev–Trinajstić information content (AvgIpc) is 2.94. The maximum absolute atomic E-state index is 13.7. The first-order valence-electron chi connectivity index (χ1n) is 12.8. The number of carbonyl (C=O) groups is 3. The lowest BCUT2D eigenvalue weighted by Crippen LogP contribution is -2.53. The highest BCUT2D eigenvalue weighted by atomic mass is 16.5. The second kappa shape index (κ2) is 15.3. The largest absolute Gasteiger partial charge is 0.460 e. The first-order valence-corrected chi connectivity index (χ1v) is 12.8. The maximum atomic E-state index is 13.7. The van der Waals surface area contributed by atoms with Gasteiger partial charge in [-0.05, 0) is 43.0 Å². The van der Waals surface area contributed by atoms with Crippen LogP contribution in [0.3, 0.4) is 0 Å². The molecule has 0 saturated heterocycles. The molecule has 3 aromatic rings. The van der Waals surface area contributed by atoms with Gasteiger partial charge in [0.1, 0.15) is 12.6 Å². The molecule has 0 aliphatic heterocycles. The molecule has 8 heteroatoms. The lowest BCUT2D eigenvalue weighted by molar-refractivity contribution is -0.148. The van der Waals surface area contributed by atoms with Gasteiger partial charge >= 0.3 is 5.97 Å². The molecule has 0 radical (unpaired) electrons. The van der Waals surface area contributed by atoms with Crippen molar-refractivity contribution < 1.29 is 19.1 Å². The fourth-order valence-electron chi connectivity index (χ4n) is 4.00. The maximum Gasteiger partial charge on any atom is 0.323 e. The Bertz CT molecular complexity index is 1140. The zero-order chi connectivity index (χ0) is 27.2. The molecule has 3 aromatic carbocycles. The number of nitrogens with one attached hydrogen (secondary N) is 2. The molecule has 2 atom stereocenters. The fraction of sp³-hybridized carbons (Fsp3) is 0.300. The lowest BCUT2D eigenvalue weighted by Gasteiger charge is -2.29. The molecule has 0 aliphatic carbocycles. The summed E-state index contributed by atoms with van der Waals surface area (Å²) < 4.78 is 5.46. The molecule has 0 fully saturated rings. The number of anilines is 1. The molecule has 0 aromatic heterocycles. The third kappa shape index (κ3) is 9.46. The second-order valence-electron chi connectivity index (χ2n) is 9.02. The molecule has 0 heterocycles. The van der Waals surface area contributed by atoms with Crippen LogP contribution in [0.4, 0.5) is 5.69 Å². The minimum Gasteiger partial charge on any atom is -0.460 e. The van der Waals surface area contributed by atoms with E-state index >= 15 is 0 Å². The number of esters is 1. The summed E-state index contributed by atoms with van der Waals surface area (Å²) in [5, 5.41) is 5.95. The zero-order valence-corrected chi connectivity index (χ0v) is 21.7. The Hall–Kier alpha value is -4.01. The van der Waals surface area contributed by atoms with Gasteiger partial charge in [-0.1, -0.05) is 78.9 Å². The van der Waals surface area contributed by atoms with E-state index in [-0.39, 0.29) is 38.1 Å². The molecule has 4 N–H and O–H groups in total. The zero-order valence-electron chi connectivity index (χ0n) is 21.7. The summed E-state index contributed by atoms with van der Waals surface area (Å²) in [6, 6.07) is 26.8. The molecule has 200 valence electrons. The van der Waals surface area contributed by atoms with E-state index in [1.54, 1.807) is 19.1 Å². The highest BCUT2D eigenvalue weighted by Crippen LogP contribution is 2.11.